The largest absolute Gasteiger partial charge is 0.478 e. The molecule has 1 aromatic heterocycles. The lowest BCUT2D eigenvalue weighted by Crippen LogP contribution is -2.22. The van der Waals surface area contributed by atoms with E-state index in [0.29, 0.717) is 12.4 Å². The van der Waals surface area contributed by atoms with Crippen LogP contribution in [0.1, 0.15) is 10.4 Å². The normalized spacial score (nSPS) is 10.3. The van der Waals surface area contributed by atoms with Crippen LogP contribution in [-0.2, 0) is 0 Å². The van der Waals surface area contributed by atoms with Crippen molar-refractivity contribution < 1.29 is 9.90 Å². The van der Waals surface area contributed by atoms with Crippen molar-refractivity contribution in [2.75, 3.05) is 32.5 Å². The Morgan fingerprint density at radius 1 is 1.60 bits per heavy atom. The van der Waals surface area contributed by atoms with Crippen LogP contribution in [0.2, 0.25) is 0 Å². The molecule has 5 nitrogen and oxygen atoms in total. The molecule has 0 fully saturated rings. The van der Waals surface area contributed by atoms with E-state index in [9.17, 15) is 4.79 Å². The average molecular weight is 209 g/mol. The zero-order chi connectivity index (χ0) is 11.3. The van der Waals surface area contributed by atoms with Crippen LogP contribution >= 0.6 is 0 Å². The standard InChI is InChI=1S/C10H15N3O2/c1-13(2)7-6-12-9-8(10(14)15)4-3-5-11-9/h3-5H,6-7H2,1-2H3,(H,11,12)(H,14,15). The maximum atomic E-state index is 10.8. The molecule has 0 saturated heterocycles. The fourth-order valence-electron chi connectivity index (χ4n) is 1.12. The highest BCUT2D eigenvalue weighted by molar-refractivity contribution is 5.92. The highest BCUT2D eigenvalue weighted by Crippen LogP contribution is 2.10. The fourth-order valence-corrected chi connectivity index (χ4v) is 1.12. The van der Waals surface area contributed by atoms with E-state index in [1.165, 1.54) is 6.07 Å². The lowest BCUT2D eigenvalue weighted by atomic mass is 10.2. The lowest BCUT2D eigenvalue weighted by Gasteiger charge is -2.11. The Hall–Kier alpha value is -1.62. The van der Waals surface area contributed by atoms with Gasteiger partial charge in [-0.05, 0) is 26.2 Å². The molecular weight excluding hydrogens is 194 g/mol. The molecule has 0 aliphatic heterocycles. The third kappa shape index (κ3) is 3.55. The van der Waals surface area contributed by atoms with E-state index in [4.69, 9.17) is 5.11 Å². The van der Waals surface area contributed by atoms with Crippen LogP contribution in [0.5, 0.6) is 0 Å². The van der Waals surface area contributed by atoms with Crippen molar-refractivity contribution in [2.24, 2.45) is 0 Å². The fraction of sp³-hybridized carbons (Fsp3) is 0.400. The van der Waals surface area contributed by atoms with E-state index in [1.54, 1.807) is 12.3 Å². The van der Waals surface area contributed by atoms with E-state index in [-0.39, 0.29) is 5.56 Å². The first-order chi connectivity index (χ1) is 7.11. The molecule has 0 unspecified atom stereocenters. The Morgan fingerprint density at radius 3 is 2.93 bits per heavy atom. The van der Waals surface area contributed by atoms with Gasteiger partial charge in [0.15, 0.2) is 0 Å². The molecule has 0 bridgehead atoms. The summed E-state index contributed by atoms with van der Waals surface area (Å²) < 4.78 is 0. The molecule has 15 heavy (non-hydrogen) atoms. The number of nitrogens with zero attached hydrogens (tertiary/aromatic N) is 2. The van der Waals surface area contributed by atoms with Crippen molar-refractivity contribution in [3.63, 3.8) is 0 Å². The van der Waals surface area contributed by atoms with Crippen molar-refractivity contribution in [2.45, 2.75) is 0 Å². The molecular formula is C10H15N3O2. The number of anilines is 1. The molecule has 1 heterocycles. The summed E-state index contributed by atoms with van der Waals surface area (Å²) in [4.78, 5) is 16.8. The van der Waals surface area contributed by atoms with Crippen molar-refractivity contribution in [3.8, 4) is 0 Å². The molecule has 0 aliphatic rings. The van der Waals surface area contributed by atoms with E-state index in [2.05, 4.69) is 10.3 Å². The van der Waals surface area contributed by atoms with Gasteiger partial charge >= 0.3 is 5.97 Å². The second kappa shape index (κ2) is 5.31. The number of nitrogens with one attached hydrogen (secondary N) is 1. The minimum atomic E-state index is -0.963. The topological polar surface area (TPSA) is 65.5 Å². The number of aromatic nitrogens is 1. The number of likely N-dealkylation sites (N-methyl/N-ethyl adjacent to an activating group) is 1. The third-order valence-corrected chi connectivity index (χ3v) is 1.89. The predicted octanol–water partition coefficient (Wildman–Crippen LogP) is 0.753. The van der Waals surface area contributed by atoms with Gasteiger partial charge in [-0.3, -0.25) is 0 Å². The number of carbonyl (C=O) groups is 1. The predicted molar refractivity (Wildman–Crippen MR) is 58.2 cm³/mol. The van der Waals surface area contributed by atoms with Crippen molar-refractivity contribution in [3.05, 3.63) is 23.9 Å². The van der Waals surface area contributed by atoms with Crippen LogP contribution in [0.25, 0.3) is 0 Å². The van der Waals surface area contributed by atoms with Gasteiger partial charge in [-0.25, -0.2) is 9.78 Å². The number of hydrogen-bond acceptors (Lipinski definition) is 4. The summed E-state index contributed by atoms with van der Waals surface area (Å²) in [5, 5.41) is 11.9. The SMILES string of the molecule is CN(C)CCNc1ncccc1C(=O)O. The summed E-state index contributed by atoms with van der Waals surface area (Å²) in [6, 6.07) is 3.15. The highest BCUT2D eigenvalue weighted by Gasteiger charge is 2.09. The molecule has 0 spiro atoms. The van der Waals surface area contributed by atoms with Crippen LogP contribution in [0.3, 0.4) is 0 Å². The molecule has 0 radical (unpaired) electrons. The van der Waals surface area contributed by atoms with Gasteiger partial charge in [0.25, 0.3) is 0 Å². The van der Waals surface area contributed by atoms with Gasteiger partial charge < -0.3 is 15.3 Å². The molecule has 0 amide bonds. The smallest absolute Gasteiger partial charge is 0.339 e. The monoisotopic (exact) mass is 209 g/mol. The van der Waals surface area contributed by atoms with Crippen molar-refractivity contribution in [1.29, 1.82) is 0 Å². The Balaban J connectivity index is 2.63. The molecule has 82 valence electrons. The minimum absolute atomic E-state index is 0.205. The second-order valence-electron chi connectivity index (χ2n) is 3.43. The van der Waals surface area contributed by atoms with Gasteiger partial charge in [0.2, 0.25) is 0 Å². The van der Waals surface area contributed by atoms with Gasteiger partial charge in [-0.2, -0.15) is 0 Å². The number of aromatic carboxylic acids is 1. The number of carboxylic acids is 1. The van der Waals surface area contributed by atoms with E-state index in [0.717, 1.165) is 6.54 Å². The van der Waals surface area contributed by atoms with Gasteiger partial charge in [-0.1, -0.05) is 0 Å². The van der Waals surface area contributed by atoms with Crippen LogP contribution in [0.4, 0.5) is 5.82 Å². The van der Waals surface area contributed by atoms with Gasteiger partial charge in [0, 0.05) is 19.3 Å². The molecule has 0 aromatic carbocycles. The van der Waals surface area contributed by atoms with Crippen molar-refractivity contribution in [1.82, 2.24) is 9.88 Å². The van der Waals surface area contributed by atoms with Crippen LogP contribution in [0, 0.1) is 0 Å². The maximum absolute atomic E-state index is 10.8. The zero-order valence-electron chi connectivity index (χ0n) is 8.90. The van der Waals surface area contributed by atoms with Gasteiger partial charge in [-0.15, -0.1) is 0 Å². The Morgan fingerprint density at radius 2 is 2.33 bits per heavy atom. The molecule has 5 heteroatoms. The summed E-state index contributed by atoms with van der Waals surface area (Å²) in [6.07, 6.45) is 1.57. The van der Waals surface area contributed by atoms with Crippen LogP contribution < -0.4 is 5.32 Å². The number of rotatable bonds is 5. The quantitative estimate of drug-likeness (QED) is 0.749. The molecule has 1 rings (SSSR count). The summed E-state index contributed by atoms with van der Waals surface area (Å²) in [7, 11) is 3.91. The number of hydrogen-bond donors (Lipinski definition) is 2. The lowest BCUT2D eigenvalue weighted by molar-refractivity contribution is 0.0697. The minimum Gasteiger partial charge on any atom is -0.478 e. The number of carboxylic acid groups (broad SMARTS) is 1. The molecule has 1 aromatic rings. The highest BCUT2D eigenvalue weighted by atomic mass is 16.4. The summed E-state index contributed by atoms with van der Waals surface area (Å²) in [5.74, 6) is -0.540. The molecule has 2 N–H and O–H groups in total. The zero-order valence-corrected chi connectivity index (χ0v) is 8.90. The first-order valence-corrected chi connectivity index (χ1v) is 4.68. The Bertz CT molecular complexity index is 339. The summed E-state index contributed by atoms with van der Waals surface area (Å²) in [6.45, 7) is 1.50. The molecule has 0 saturated carbocycles. The summed E-state index contributed by atoms with van der Waals surface area (Å²) >= 11 is 0. The molecule has 0 aliphatic carbocycles. The average Bonchev–Trinajstić information content (AvgIpc) is 2.17. The van der Waals surface area contributed by atoms with Gasteiger partial charge in [0.1, 0.15) is 11.4 Å². The van der Waals surface area contributed by atoms with Crippen molar-refractivity contribution >= 4 is 11.8 Å². The molecule has 0 atom stereocenters. The Kier molecular flexibility index (Phi) is 4.05. The van der Waals surface area contributed by atoms with E-state index in [1.807, 2.05) is 19.0 Å². The maximum Gasteiger partial charge on any atom is 0.339 e. The second-order valence-corrected chi connectivity index (χ2v) is 3.43. The number of pyridine rings is 1. The van der Waals surface area contributed by atoms with E-state index < -0.39 is 5.97 Å². The third-order valence-electron chi connectivity index (χ3n) is 1.89. The first-order valence-electron chi connectivity index (χ1n) is 4.68. The van der Waals surface area contributed by atoms with Crippen LogP contribution in [-0.4, -0.2) is 48.1 Å². The van der Waals surface area contributed by atoms with Crippen LogP contribution in [0.15, 0.2) is 18.3 Å². The first kappa shape index (κ1) is 11.5. The van der Waals surface area contributed by atoms with E-state index >= 15 is 0 Å². The van der Waals surface area contributed by atoms with Gasteiger partial charge in [0.05, 0.1) is 0 Å². The Labute approximate surface area is 88.7 Å². The summed E-state index contributed by atoms with van der Waals surface area (Å²) in [5.41, 5.74) is 0.205.